The van der Waals surface area contributed by atoms with E-state index in [1.165, 1.54) is 0 Å². The second-order valence-electron chi connectivity index (χ2n) is 8.84. The maximum Gasteiger partial charge on any atom is 0.219 e. The lowest BCUT2D eigenvalue weighted by Gasteiger charge is -2.35. The van der Waals surface area contributed by atoms with Crippen molar-refractivity contribution in [3.8, 4) is 5.75 Å². The summed E-state index contributed by atoms with van der Waals surface area (Å²) < 4.78 is 20.7. The minimum atomic E-state index is -0.939. The van der Waals surface area contributed by atoms with Gasteiger partial charge in [-0.1, -0.05) is 23.7 Å². The zero-order chi connectivity index (χ0) is 24.3. The average Bonchev–Trinajstić information content (AvgIpc) is 3.54. The zero-order valence-corrected chi connectivity index (χ0v) is 20.4. The summed E-state index contributed by atoms with van der Waals surface area (Å²) in [6, 6.07) is 15.6. The Morgan fingerprint density at radius 3 is 2.51 bits per heavy atom. The number of carbonyl (C=O) groups is 1. The molecule has 2 aromatic carbocycles. The van der Waals surface area contributed by atoms with Crippen molar-refractivity contribution in [1.82, 2.24) is 14.5 Å². The van der Waals surface area contributed by atoms with Crippen LogP contribution in [0.3, 0.4) is 0 Å². The van der Waals surface area contributed by atoms with Crippen molar-refractivity contribution in [2.24, 2.45) is 0 Å². The highest BCUT2D eigenvalue weighted by Gasteiger charge is 2.44. The van der Waals surface area contributed by atoms with E-state index in [0.717, 1.165) is 43.2 Å². The molecule has 2 unspecified atom stereocenters. The summed E-state index contributed by atoms with van der Waals surface area (Å²) in [4.78, 5) is 19.8. The molecular weight excluding hydrogens is 468 g/mol. The van der Waals surface area contributed by atoms with Crippen LogP contribution in [0.4, 0.5) is 5.69 Å². The van der Waals surface area contributed by atoms with E-state index in [-0.39, 0.29) is 12.0 Å². The Morgan fingerprint density at radius 1 is 1.11 bits per heavy atom. The van der Waals surface area contributed by atoms with Gasteiger partial charge < -0.3 is 28.6 Å². The Bertz CT molecular complexity index is 1120. The van der Waals surface area contributed by atoms with Gasteiger partial charge in [0.2, 0.25) is 11.7 Å². The molecule has 3 aromatic rings. The van der Waals surface area contributed by atoms with Crippen molar-refractivity contribution >= 4 is 23.2 Å². The number of hydrogen-bond donors (Lipinski definition) is 0. The van der Waals surface area contributed by atoms with E-state index >= 15 is 0 Å². The summed E-state index contributed by atoms with van der Waals surface area (Å²) in [5.74, 6) is -0.0273. The van der Waals surface area contributed by atoms with Crippen molar-refractivity contribution in [2.45, 2.75) is 25.4 Å². The fraction of sp³-hybridized carbons (Fsp3) is 0.385. The normalized spacial score (nSPS) is 22.4. The summed E-state index contributed by atoms with van der Waals surface area (Å²) >= 11 is 6.10. The molecule has 1 amide bonds. The van der Waals surface area contributed by atoms with Crippen molar-refractivity contribution in [2.75, 3.05) is 44.3 Å². The van der Waals surface area contributed by atoms with Gasteiger partial charge in [0.25, 0.3) is 0 Å². The van der Waals surface area contributed by atoms with E-state index in [1.54, 1.807) is 19.4 Å². The predicted octanol–water partition coefficient (Wildman–Crippen LogP) is 3.55. The van der Waals surface area contributed by atoms with Crippen molar-refractivity contribution in [3.05, 3.63) is 77.8 Å². The van der Waals surface area contributed by atoms with Crippen LogP contribution in [0.15, 0.2) is 67.3 Å². The van der Waals surface area contributed by atoms with Gasteiger partial charge in [0.1, 0.15) is 18.5 Å². The second-order valence-corrected chi connectivity index (χ2v) is 9.28. The van der Waals surface area contributed by atoms with E-state index < -0.39 is 5.79 Å². The Kier molecular flexibility index (Phi) is 6.95. The van der Waals surface area contributed by atoms with Crippen LogP contribution >= 0.6 is 11.6 Å². The number of nitrogens with zero attached hydrogens (tertiary/aromatic N) is 4. The second kappa shape index (κ2) is 10.3. The number of piperazine rings is 1. The molecule has 8 nitrogen and oxygen atoms in total. The van der Waals surface area contributed by atoms with E-state index in [4.69, 9.17) is 25.8 Å². The molecule has 35 heavy (non-hydrogen) atoms. The molecule has 1 aromatic heterocycles. The lowest BCUT2D eigenvalue weighted by atomic mass is 10.1. The van der Waals surface area contributed by atoms with Crippen LogP contribution in [0.2, 0.25) is 5.02 Å². The molecule has 0 radical (unpaired) electrons. The molecule has 2 atom stereocenters. The van der Waals surface area contributed by atoms with Crippen LogP contribution in [0.1, 0.15) is 12.5 Å². The van der Waals surface area contributed by atoms with Crippen LogP contribution in [0.5, 0.6) is 5.75 Å². The number of imidazole rings is 1. The van der Waals surface area contributed by atoms with Gasteiger partial charge >= 0.3 is 0 Å². The number of carbonyl (C=O) groups excluding carboxylic acids is 1. The van der Waals surface area contributed by atoms with Gasteiger partial charge in [0.15, 0.2) is 0 Å². The largest absolute Gasteiger partial charge is 0.491 e. The lowest BCUT2D eigenvalue weighted by Crippen LogP contribution is -2.48. The third kappa shape index (κ3) is 5.45. The third-order valence-electron chi connectivity index (χ3n) is 6.46. The van der Waals surface area contributed by atoms with E-state index in [1.807, 2.05) is 52.1 Å². The number of amides is 1. The summed E-state index contributed by atoms with van der Waals surface area (Å²) in [5.41, 5.74) is 2.02. The lowest BCUT2D eigenvalue weighted by molar-refractivity contribution is -0.189. The van der Waals surface area contributed by atoms with Gasteiger partial charge in [-0.05, 0) is 36.4 Å². The Labute approximate surface area is 210 Å². The Balaban J connectivity index is 1.19. The number of hydrogen-bond acceptors (Lipinski definition) is 6. The topological polar surface area (TPSA) is 69.1 Å². The maximum absolute atomic E-state index is 11.5. The third-order valence-corrected chi connectivity index (χ3v) is 6.71. The minimum absolute atomic E-state index is 0.136. The monoisotopic (exact) mass is 496 g/mol. The first-order valence-corrected chi connectivity index (χ1v) is 12.2. The number of anilines is 1. The van der Waals surface area contributed by atoms with Crippen molar-refractivity contribution < 1.29 is 19.0 Å². The van der Waals surface area contributed by atoms with Crippen molar-refractivity contribution in [3.63, 3.8) is 0 Å². The number of ether oxygens (including phenoxy) is 3. The first-order valence-electron chi connectivity index (χ1n) is 11.8. The highest BCUT2D eigenvalue weighted by atomic mass is 35.5. The van der Waals surface area contributed by atoms with Crippen LogP contribution in [-0.4, -0.2) is 65.9 Å². The summed E-state index contributed by atoms with van der Waals surface area (Å²) in [6.07, 6.45) is 5.14. The van der Waals surface area contributed by atoms with E-state index in [9.17, 15) is 4.79 Å². The zero-order valence-electron chi connectivity index (χ0n) is 19.7. The van der Waals surface area contributed by atoms with Gasteiger partial charge in [0.05, 0.1) is 19.5 Å². The number of benzene rings is 2. The van der Waals surface area contributed by atoms with Gasteiger partial charge in [-0.15, -0.1) is 0 Å². The summed E-state index contributed by atoms with van der Waals surface area (Å²) in [6.45, 7) is 6.04. The Hall–Kier alpha value is -3.07. The molecule has 0 saturated carbocycles. The van der Waals surface area contributed by atoms with Gasteiger partial charge in [0, 0.05) is 61.8 Å². The highest BCUT2D eigenvalue weighted by Crippen LogP contribution is 2.37. The van der Waals surface area contributed by atoms with Crippen LogP contribution < -0.4 is 9.64 Å². The van der Waals surface area contributed by atoms with Gasteiger partial charge in [-0.2, -0.15) is 0 Å². The van der Waals surface area contributed by atoms with E-state index in [2.05, 4.69) is 22.0 Å². The molecule has 2 saturated heterocycles. The first-order chi connectivity index (χ1) is 17.0. The number of aromatic nitrogens is 2. The smallest absolute Gasteiger partial charge is 0.219 e. The molecule has 2 aliphatic heterocycles. The molecular formula is C26H29ClN4O4. The quantitative estimate of drug-likeness (QED) is 0.498. The molecule has 5 rings (SSSR count). The standard InChI is InChI=1S/C26H29ClN4O4/c1-20(32)30-12-14-31(15-13-30)23-6-8-24(9-7-23)33-16-25-17-34-26(35-25,18-29-11-10-28-19-29)21-2-4-22(27)5-3-21/h2-11,19,25H,12-18H2,1H3. The molecule has 2 aliphatic rings. The predicted molar refractivity (Wildman–Crippen MR) is 133 cm³/mol. The molecule has 0 spiro atoms. The van der Waals surface area contributed by atoms with Crippen molar-refractivity contribution in [1.29, 1.82) is 0 Å². The molecule has 184 valence electrons. The summed E-state index contributed by atoms with van der Waals surface area (Å²) in [7, 11) is 0. The van der Waals surface area contributed by atoms with Gasteiger partial charge in [-0.25, -0.2) is 4.98 Å². The molecule has 0 bridgehead atoms. The first kappa shape index (κ1) is 23.7. The number of halogens is 1. The maximum atomic E-state index is 11.5. The molecule has 2 fully saturated rings. The molecule has 9 heteroatoms. The fourth-order valence-electron chi connectivity index (χ4n) is 4.52. The molecule has 0 N–H and O–H groups in total. The summed E-state index contributed by atoms with van der Waals surface area (Å²) in [5, 5.41) is 0.661. The fourth-order valence-corrected chi connectivity index (χ4v) is 4.64. The van der Waals surface area contributed by atoms with E-state index in [0.29, 0.717) is 24.8 Å². The SMILES string of the molecule is CC(=O)N1CCN(c2ccc(OCC3COC(Cn4ccnc4)(c4ccc(Cl)cc4)O3)cc2)CC1. The van der Waals surface area contributed by atoms with Crippen LogP contribution in [0.25, 0.3) is 0 Å². The highest BCUT2D eigenvalue weighted by molar-refractivity contribution is 6.30. The van der Waals surface area contributed by atoms with Gasteiger partial charge in [-0.3, -0.25) is 4.79 Å². The van der Waals surface area contributed by atoms with Crippen LogP contribution in [0, 0.1) is 0 Å². The Morgan fingerprint density at radius 2 is 1.86 bits per heavy atom. The molecule has 0 aliphatic carbocycles. The molecule has 3 heterocycles. The minimum Gasteiger partial charge on any atom is -0.491 e. The van der Waals surface area contributed by atoms with Crippen LogP contribution in [-0.2, 0) is 26.6 Å². The average molecular weight is 497 g/mol. The number of rotatable bonds is 7.